The second kappa shape index (κ2) is 7.83. The molecule has 0 spiro atoms. The maximum absolute atomic E-state index is 13.9. The highest BCUT2D eigenvalue weighted by Crippen LogP contribution is 2.47. The molecule has 4 heterocycles. The van der Waals surface area contributed by atoms with Crippen LogP contribution in [0.25, 0.3) is 11.2 Å². The molecule has 176 valence electrons. The Balaban J connectivity index is 1.73. The van der Waals surface area contributed by atoms with Crippen molar-refractivity contribution in [1.82, 2.24) is 24.3 Å². The monoisotopic (exact) mass is 459 g/mol. The van der Waals surface area contributed by atoms with Crippen molar-refractivity contribution in [2.45, 2.75) is 26.1 Å². The van der Waals surface area contributed by atoms with Gasteiger partial charge in [0, 0.05) is 29.9 Å². The number of benzene rings is 1. The zero-order valence-electron chi connectivity index (χ0n) is 20.0. The molecule has 0 radical (unpaired) electrons. The van der Waals surface area contributed by atoms with Gasteiger partial charge in [-0.15, -0.1) is 0 Å². The third-order valence-electron chi connectivity index (χ3n) is 6.83. The number of imidazole rings is 1. The van der Waals surface area contributed by atoms with E-state index in [2.05, 4.69) is 28.0 Å². The summed E-state index contributed by atoms with van der Waals surface area (Å²) in [6.45, 7) is 14.1. The molecule has 1 N–H and O–H groups in total. The first kappa shape index (κ1) is 21.9. The summed E-state index contributed by atoms with van der Waals surface area (Å²) >= 11 is 0. The lowest BCUT2D eigenvalue weighted by Crippen LogP contribution is -2.58. The van der Waals surface area contributed by atoms with Crippen molar-refractivity contribution in [2.24, 2.45) is 0 Å². The third kappa shape index (κ3) is 2.98. The Kier molecular flexibility index (Phi) is 5.04. The van der Waals surface area contributed by atoms with Crippen molar-refractivity contribution < 1.29 is 14.3 Å². The fraction of sp³-hybridized carbons (Fsp3) is 0.308. The number of carbonyl (C=O) groups is 1. The number of ether oxygens (including phenoxy) is 2. The van der Waals surface area contributed by atoms with Gasteiger partial charge in [0.2, 0.25) is 0 Å². The van der Waals surface area contributed by atoms with Crippen LogP contribution >= 0.6 is 0 Å². The van der Waals surface area contributed by atoms with E-state index in [0.717, 1.165) is 45.1 Å². The summed E-state index contributed by atoms with van der Waals surface area (Å²) in [6.07, 6.45) is 1.66. The molecule has 0 bridgehead atoms. The van der Waals surface area contributed by atoms with E-state index in [4.69, 9.17) is 9.47 Å². The average Bonchev–Trinajstić information content (AvgIpc) is 3.48. The molecule has 2 aliphatic rings. The molecule has 1 amide bonds. The number of rotatable bonds is 6. The summed E-state index contributed by atoms with van der Waals surface area (Å²) < 4.78 is 12.8. The molecule has 5 rings (SSSR count). The number of fused-ring (bicyclic) bond motifs is 4. The van der Waals surface area contributed by atoms with Crippen LogP contribution in [0.4, 0.5) is 0 Å². The van der Waals surface area contributed by atoms with Gasteiger partial charge in [0.25, 0.3) is 5.91 Å². The fourth-order valence-electron chi connectivity index (χ4n) is 5.28. The zero-order valence-corrected chi connectivity index (χ0v) is 20.0. The maximum atomic E-state index is 13.9. The van der Waals surface area contributed by atoms with Crippen molar-refractivity contribution in [3.63, 3.8) is 0 Å². The summed E-state index contributed by atoms with van der Waals surface area (Å²) in [5.41, 5.74) is 4.85. The molecule has 0 saturated carbocycles. The Bertz CT molecular complexity index is 1350. The van der Waals surface area contributed by atoms with Crippen LogP contribution in [0, 0.1) is 6.92 Å². The summed E-state index contributed by atoms with van der Waals surface area (Å²) in [4.78, 5) is 26.0. The third-order valence-corrected chi connectivity index (χ3v) is 6.83. The number of aryl methyl sites for hydroxylation is 1. The van der Waals surface area contributed by atoms with E-state index in [0.29, 0.717) is 25.3 Å². The van der Waals surface area contributed by atoms with Crippen LogP contribution in [0.5, 0.6) is 5.75 Å². The van der Waals surface area contributed by atoms with Crippen LogP contribution in [0.15, 0.2) is 66.6 Å². The number of nitrogens with zero attached hydrogens (tertiary/aromatic N) is 4. The van der Waals surface area contributed by atoms with E-state index in [1.54, 1.807) is 20.5 Å². The zero-order chi connectivity index (χ0) is 24.2. The molecule has 2 aliphatic heterocycles. The lowest BCUT2D eigenvalue weighted by Gasteiger charge is -2.48. The van der Waals surface area contributed by atoms with Crippen molar-refractivity contribution in [3.8, 4) is 5.75 Å². The molecule has 34 heavy (non-hydrogen) atoms. The SMILES string of the molecule is C=C(C)/C(=C\OC)C(=C)N1CCN2C(=O)c3cc4[nH]c(C)nc4n3CC12c1ccc(OC)cc1. The number of hydrogen-bond acceptors (Lipinski definition) is 5. The Hall–Kier alpha value is -3.94. The standard InChI is InChI=1S/C26H29N5O3/c1-16(2)21(14-33-5)17(3)30-11-12-31-25(32)23-13-22-24(28-18(4)27-22)29(23)15-26(30,31)19-7-9-20(34-6)10-8-19/h7-10,13-14H,1,3,11-12,15H2,2,4-6H3,(H,27,28)/b21-14+. The number of amides is 1. The van der Waals surface area contributed by atoms with Crippen LogP contribution < -0.4 is 4.74 Å². The first-order chi connectivity index (χ1) is 16.3. The van der Waals surface area contributed by atoms with Gasteiger partial charge in [-0.05, 0) is 37.6 Å². The van der Waals surface area contributed by atoms with Gasteiger partial charge in [0.1, 0.15) is 17.3 Å². The maximum Gasteiger partial charge on any atom is 0.272 e. The van der Waals surface area contributed by atoms with E-state index in [1.807, 2.05) is 53.6 Å². The first-order valence-corrected chi connectivity index (χ1v) is 11.2. The molecule has 1 atom stereocenters. The normalized spacial score (nSPS) is 19.9. The number of aromatic amines is 1. The molecule has 3 aromatic rings. The van der Waals surface area contributed by atoms with Gasteiger partial charge in [0.15, 0.2) is 11.3 Å². The average molecular weight is 460 g/mol. The van der Waals surface area contributed by atoms with E-state index in [9.17, 15) is 4.79 Å². The van der Waals surface area contributed by atoms with E-state index >= 15 is 0 Å². The Labute approximate surface area is 198 Å². The van der Waals surface area contributed by atoms with Crippen molar-refractivity contribution in [2.75, 3.05) is 27.3 Å². The number of carbonyl (C=O) groups excluding carboxylic acids is 1. The van der Waals surface area contributed by atoms with E-state index in [1.165, 1.54) is 0 Å². The number of hydrogen-bond donors (Lipinski definition) is 1. The largest absolute Gasteiger partial charge is 0.504 e. The van der Waals surface area contributed by atoms with Gasteiger partial charge in [-0.3, -0.25) is 4.79 Å². The van der Waals surface area contributed by atoms with E-state index in [-0.39, 0.29) is 5.91 Å². The lowest BCUT2D eigenvalue weighted by molar-refractivity contribution is 0.00389. The second-order valence-electron chi connectivity index (χ2n) is 8.82. The van der Waals surface area contributed by atoms with Crippen LogP contribution in [0.2, 0.25) is 0 Å². The Morgan fingerprint density at radius 3 is 2.59 bits per heavy atom. The van der Waals surface area contributed by atoms with Crippen molar-refractivity contribution in [3.05, 3.63) is 83.7 Å². The summed E-state index contributed by atoms with van der Waals surface area (Å²) in [5, 5.41) is 0. The molecule has 8 heteroatoms. The van der Waals surface area contributed by atoms with Crippen LogP contribution in [-0.4, -0.2) is 57.6 Å². The molecular formula is C26H29N5O3. The molecule has 8 nitrogen and oxygen atoms in total. The Morgan fingerprint density at radius 1 is 1.21 bits per heavy atom. The molecule has 1 aromatic carbocycles. The van der Waals surface area contributed by atoms with Crippen molar-refractivity contribution in [1.29, 1.82) is 0 Å². The molecule has 1 saturated heterocycles. The summed E-state index contributed by atoms with van der Waals surface area (Å²) in [7, 11) is 3.25. The highest BCUT2D eigenvalue weighted by atomic mass is 16.5. The van der Waals surface area contributed by atoms with Gasteiger partial charge < -0.3 is 28.8 Å². The lowest BCUT2D eigenvalue weighted by atomic mass is 9.92. The van der Waals surface area contributed by atoms with Gasteiger partial charge in [0.05, 0.1) is 32.5 Å². The van der Waals surface area contributed by atoms with Crippen LogP contribution in [-0.2, 0) is 16.9 Å². The number of aromatic nitrogens is 3. The van der Waals surface area contributed by atoms with Gasteiger partial charge >= 0.3 is 0 Å². The molecule has 2 aromatic heterocycles. The number of methoxy groups -OCH3 is 2. The van der Waals surface area contributed by atoms with E-state index < -0.39 is 5.66 Å². The molecule has 1 unspecified atom stereocenters. The Morgan fingerprint density at radius 2 is 1.94 bits per heavy atom. The number of H-pyrrole nitrogens is 1. The number of nitrogens with one attached hydrogen (secondary N) is 1. The molecule has 0 aliphatic carbocycles. The summed E-state index contributed by atoms with van der Waals surface area (Å²) in [6, 6.07) is 9.79. The smallest absolute Gasteiger partial charge is 0.272 e. The minimum absolute atomic E-state index is 0.0333. The van der Waals surface area contributed by atoms with Gasteiger partial charge in [-0.2, -0.15) is 0 Å². The summed E-state index contributed by atoms with van der Waals surface area (Å²) in [5.74, 6) is 1.54. The van der Waals surface area contributed by atoms with Crippen molar-refractivity contribution >= 4 is 17.1 Å². The predicted molar refractivity (Wildman–Crippen MR) is 130 cm³/mol. The minimum Gasteiger partial charge on any atom is -0.504 e. The second-order valence-corrected chi connectivity index (χ2v) is 8.82. The molecule has 1 fully saturated rings. The minimum atomic E-state index is -0.797. The fourth-order valence-corrected chi connectivity index (χ4v) is 5.28. The first-order valence-electron chi connectivity index (χ1n) is 11.2. The molecular weight excluding hydrogens is 430 g/mol. The highest BCUT2D eigenvalue weighted by molar-refractivity contribution is 5.99. The van der Waals surface area contributed by atoms with Gasteiger partial charge in [-0.1, -0.05) is 25.3 Å². The van der Waals surface area contributed by atoms with Crippen LogP contribution in [0.1, 0.15) is 28.8 Å². The quantitative estimate of drug-likeness (QED) is 0.447. The topological polar surface area (TPSA) is 75.6 Å². The predicted octanol–water partition coefficient (Wildman–Crippen LogP) is 3.93. The van der Waals surface area contributed by atoms with Gasteiger partial charge in [-0.25, -0.2) is 4.98 Å². The van der Waals surface area contributed by atoms with Crippen LogP contribution in [0.3, 0.4) is 0 Å². The number of allylic oxidation sites excluding steroid dienone is 1. The highest BCUT2D eigenvalue weighted by Gasteiger charge is 2.55.